The van der Waals surface area contributed by atoms with Crippen LogP contribution in [0.2, 0.25) is 0 Å². The molecule has 2 N–H and O–H groups in total. The highest BCUT2D eigenvalue weighted by Crippen LogP contribution is 2.23. The molecule has 9 heteroatoms. The largest absolute Gasteiger partial charge is 0.445 e. The van der Waals surface area contributed by atoms with Gasteiger partial charge in [-0.25, -0.2) is 9.59 Å². The number of hydrogen-bond acceptors (Lipinski definition) is 5. The molecule has 0 saturated carbocycles. The number of amides is 2. The van der Waals surface area contributed by atoms with Crippen LogP contribution < -0.4 is 16.6 Å². The van der Waals surface area contributed by atoms with Crippen LogP contribution in [-0.4, -0.2) is 45.1 Å². The van der Waals surface area contributed by atoms with Crippen molar-refractivity contribution in [3.8, 4) is 0 Å². The Bertz CT molecular complexity index is 1310. The summed E-state index contributed by atoms with van der Waals surface area (Å²) in [6, 6.07) is 14.0. The average molecular weight is 450 g/mol. The zero-order valence-corrected chi connectivity index (χ0v) is 18.6. The van der Waals surface area contributed by atoms with Crippen LogP contribution in [0.5, 0.6) is 0 Å². The molecule has 1 unspecified atom stereocenters. The average Bonchev–Trinajstić information content (AvgIpc) is 3.19. The van der Waals surface area contributed by atoms with Gasteiger partial charge < -0.3 is 19.9 Å². The molecule has 33 heavy (non-hydrogen) atoms. The predicted molar refractivity (Wildman–Crippen MR) is 123 cm³/mol. The van der Waals surface area contributed by atoms with Crippen molar-refractivity contribution in [1.29, 1.82) is 0 Å². The number of benzene rings is 2. The van der Waals surface area contributed by atoms with E-state index in [-0.39, 0.29) is 19.1 Å². The smallest absolute Gasteiger partial charge is 0.410 e. The standard InChI is InChI=1S/C24H26N4O5/c1-3-28-21(30)18-10-9-17(13-19(18)25-22(28)31)20(29)26-24(2)11-12-27(15-24)23(32)33-14-16-7-5-4-6-8-16/h4-10,13H,3,11-12,14-15H2,1-2H3,(H,25,31)(H,26,29). The molecule has 9 nitrogen and oxygen atoms in total. The van der Waals surface area contributed by atoms with E-state index >= 15 is 0 Å². The van der Waals surface area contributed by atoms with Gasteiger partial charge in [0.05, 0.1) is 16.4 Å². The predicted octanol–water partition coefficient (Wildman–Crippen LogP) is 2.24. The highest BCUT2D eigenvalue weighted by Gasteiger charge is 2.38. The first kappa shape index (κ1) is 22.3. The van der Waals surface area contributed by atoms with Crippen LogP contribution in [0.1, 0.15) is 36.2 Å². The molecule has 3 aromatic rings. The number of aromatic amines is 1. The molecule has 0 bridgehead atoms. The van der Waals surface area contributed by atoms with E-state index < -0.39 is 22.9 Å². The van der Waals surface area contributed by atoms with Crippen molar-refractivity contribution in [3.05, 3.63) is 80.5 Å². The third-order valence-corrected chi connectivity index (χ3v) is 5.91. The fourth-order valence-corrected chi connectivity index (χ4v) is 4.06. The van der Waals surface area contributed by atoms with Crippen LogP contribution in [0.25, 0.3) is 10.9 Å². The second kappa shape index (κ2) is 8.93. The third-order valence-electron chi connectivity index (χ3n) is 5.91. The Hall–Kier alpha value is -3.88. The third kappa shape index (κ3) is 4.67. The molecule has 1 aromatic heterocycles. The van der Waals surface area contributed by atoms with E-state index in [1.165, 1.54) is 6.07 Å². The maximum Gasteiger partial charge on any atom is 0.410 e. The Kier molecular flexibility index (Phi) is 6.04. The maximum absolute atomic E-state index is 12.9. The van der Waals surface area contributed by atoms with E-state index in [4.69, 9.17) is 4.74 Å². The first-order chi connectivity index (χ1) is 15.8. The summed E-state index contributed by atoms with van der Waals surface area (Å²) in [5.41, 5.74) is -0.00323. The highest BCUT2D eigenvalue weighted by atomic mass is 16.6. The second-order valence-corrected chi connectivity index (χ2v) is 8.47. The minimum absolute atomic E-state index is 0.189. The summed E-state index contributed by atoms with van der Waals surface area (Å²) in [7, 11) is 0. The van der Waals surface area contributed by atoms with Crippen molar-refractivity contribution in [2.75, 3.05) is 13.1 Å². The summed E-state index contributed by atoms with van der Waals surface area (Å²) in [6.45, 7) is 4.82. The zero-order valence-electron chi connectivity index (χ0n) is 18.6. The summed E-state index contributed by atoms with van der Waals surface area (Å²) in [5, 5.41) is 3.32. The molecule has 2 aromatic carbocycles. The fourth-order valence-electron chi connectivity index (χ4n) is 4.06. The fraction of sp³-hybridized carbons (Fsp3) is 0.333. The summed E-state index contributed by atoms with van der Waals surface area (Å²) < 4.78 is 6.50. The molecule has 1 aliphatic heterocycles. The van der Waals surface area contributed by atoms with E-state index in [1.807, 2.05) is 37.3 Å². The Labute approximate surface area is 190 Å². The second-order valence-electron chi connectivity index (χ2n) is 8.47. The van der Waals surface area contributed by atoms with Crippen LogP contribution in [0.15, 0.2) is 58.1 Å². The molecule has 0 spiro atoms. The van der Waals surface area contributed by atoms with Crippen molar-refractivity contribution < 1.29 is 14.3 Å². The molecule has 4 rings (SSSR count). The summed E-state index contributed by atoms with van der Waals surface area (Å²) in [4.78, 5) is 54.1. The Balaban J connectivity index is 1.42. The van der Waals surface area contributed by atoms with E-state index in [9.17, 15) is 19.2 Å². The lowest BCUT2D eigenvalue weighted by Crippen LogP contribution is -2.48. The van der Waals surface area contributed by atoms with Gasteiger partial charge in [0.2, 0.25) is 0 Å². The lowest BCUT2D eigenvalue weighted by atomic mass is 10.0. The van der Waals surface area contributed by atoms with Crippen molar-refractivity contribution in [3.63, 3.8) is 0 Å². The number of hydrogen-bond donors (Lipinski definition) is 2. The molecule has 1 aliphatic rings. The topological polar surface area (TPSA) is 114 Å². The number of ether oxygens (including phenoxy) is 1. The first-order valence-electron chi connectivity index (χ1n) is 10.8. The van der Waals surface area contributed by atoms with Gasteiger partial charge in [-0.3, -0.25) is 14.2 Å². The van der Waals surface area contributed by atoms with Gasteiger partial charge in [-0.2, -0.15) is 0 Å². The van der Waals surface area contributed by atoms with E-state index in [1.54, 1.807) is 24.0 Å². The van der Waals surface area contributed by atoms with Crippen LogP contribution in [-0.2, 0) is 17.9 Å². The van der Waals surface area contributed by atoms with Gasteiger partial charge >= 0.3 is 11.8 Å². The molecular formula is C24H26N4O5. The summed E-state index contributed by atoms with van der Waals surface area (Å²) in [6.07, 6.45) is 0.150. The van der Waals surface area contributed by atoms with Gasteiger partial charge in [0.25, 0.3) is 11.5 Å². The van der Waals surface area contributed by atoms with Crippen molar-refractivity contribution >= 4 is 22.9 Å². The Morgan fingerprint density at radius 2 is 1.91 bits per heavy atom. The number of nitrogens with zero attached hydrogens (tertiary/aromatic N) is 2. The monoisotopic (exact) mass is 450 g/mol. The molecule has 1 atom stereocenters. The Morgan fingerprint density at radius 1 is 1.15 bits per heavy atom. The minimum atomic E-state index is -0.628. The van der Waals surface area contributed by atoms with Crippen molar-refractivity contribution in [2.45, 2.75) is 39.0 Å². The van der Waals surface area contributed by atoms with E-state index in [2.05, 4.69) is 10.3 Å². The SMILES string of the molecule is CCn1c(=O)[nH]c2cc(C(=O)NC3(C)CCN(C(=O)OCc4ccccc4)C3)ccc2c1=O. The number of fused-ring (bicyclic) bond motifs is 1. The lowest BCUT2D eigenvalue weighted by molar-refractivity contribution is 0.0883. The van der Waals surface area contributed by atoms with Gasteiger partial charge in [-0.1, -0.05) is 30.3 Å². The number of nitrogens with one attached hydrogen (secondary N) is 2. The van der Waals surface area contributed by atoms with Crippen molar-refractivity contribution in [2.24, 2.45) is 0 Å². The minimum Gasteiger partial charge on any atom is -0.445 e. The van der Waals surface area contributed by atoms with Crippen LogP contribution >= 0.6 is 0 Å². The molecule has 1 fully saturated rings. The number of carbonyl (C=O) groups is 2. The maximum atomic E-state index is 12.9. The Morgan fingerprint density at radius 3 is 2.64 bits per heavy atom. The summed E-state index contributed by atoms with van der Waals surface area (Å²) in [5.74, 6) is -0.348. The van der Waals surface area contributed by atoms with Gasteiger partial charge in [0.1, 0.15) is 6.61 Å². The number of H-pyrrole nitrogens is 1. The molecule has 2 amide bonds. The van der Waals surface area contributed by atoms with Gasteiger partial charge in [-0.15, -0.1) is 0 Å². The van der Waals surface area contributed by atoms with Gasteiger partial charge in [0, 0.05) is 25.2 Å². The summed E-state index contributed by atoms with van der Waals surface area (Å²) >= 11 is 0. The molecule has 2 heterocycles. The molecule has 1 saturated heterocycles. The van der Waals surface area contributed by atoms with Crippen molar-refractivity contribution in [1.82, 2.24) is 19.8 Å². The van der Waals surface area contributed by atoms with Gasteiger partial charge in [0.15, 0.2) is 0 Å². The molecule has 0 radical (unpaired) electrons. The number of carbonyl (C=O) groups excluding carboxylic acids is 2. The van der Waals surface area contributed by atoms with Gasteiger partial charge in [-0.05, 0) is 44.0 Å². The highest BCUT2D eigenvalue weighted by molar-refractivity contribution is 5.98. The molecule has 172 valence electrons. The normalized spacial score (nSPS) is 17.8. The zero-order chi connectivity index (χ0) is 23.6. The van der Waals surface area contributed by atoms with E-state index in [0.717, 1.165) is 10.1 Å². The van der Waals surface area contributed by atoms with E-state index in [0.29, 0.717) is 36.0 Å². The number of likely N-dealkylation sites (tertiary alicyclic amines) is 1. The quantitative estimate of drug-likeness (QED) is 0.619. The van der Waals surface area contributed by atoms with Crippen LogP contribution in [0.4, 0.5) is 4.79 Å². The van der Waals surface area contributed by atoms with Crippen LogP contribution in [0, 0.1) is 0 Å². The lowest BCUT2D eigenvalue weighted by Gasteiger charge is -2.26. The van der Waals surface area contributed by atoms with Crippen LogP contribution in [0.3, 0.4) is 0 Å². The number of aromatic nitrogens is 2. The molecular weight excluding hydrogens is 424 g/mol. The molecule has 0 aliphatic carbocycles. The first-order valence-corrected chi connectivity index (χ1v) is 10.8. The number of rotatable bonds is 5.